The van der Waals surface area contributed by atoms with Gasteiger partial charge in [0, 0.05) is 25.3 Å². The number of phenols is 1. The summed E-state index contributed by atoms with van der Waals surface area (Å²) in [4.78, 5) is 37.3. The number of cyclic esters (lactones) is 1. The molecular formula is C34H52O6. The van der Waals surface area contributed by atoms with Crippen molar-refractivity contribution < 1.29 is 29.0 Å². The number of rotatable bonds is 15. The number of benzene rings is 1. The van der Waals surface area contributed by atoms with Crippen LogP contribution in [0, 0.1) is 0 Å². The molecule has 1 N–H and O–H groups in total. The molecule has 6 nitrogen and oxygen atoms in total. The number of fused-ring (bicyclic) bond motifs is 1. The van der Waals surface area contributed by atoms with Gasteiger partial charge in [-0.1, -0.05) is 96.1 Å². The average molecular weight is 557 g/mol. The Bertz CT molecular complexity index is 935. The Morgan fingerprint density at radius 1 is 0.900 bits per heavy atom. The van der Waals surface area contributed by atoms with Crippen molar-refractivity contribution in [3.8, 4) is 11.5 Å². The van der Waals surface area contributed by atoms with Crippen molar-refractivity contribution in [3.63, 3.8) is 0 Å². The Morgan fingerprint density at radius 2 is 1.50 bits per heavy atom. The molecule has 0 spiro atoms. The SMILES string of the molecule is CCCCCCCCCCCCCCCC(=O)Oc1cc(O)c2c(c1)/C=C/CCCC(=O)CCC[C@H](C)OC2=O. The van der Waals surface area contributed by atoms with E-state index < -0.39 is 5.97 Å². The summed E-state index contributed by atoms with van der Waals surface area (Å²) in [7, 11) is 0. The molecule has 0 aromatic heterocycles. The van der Waals surface area contributed by atoms with Gasteiger partial charge in [0.05, 0.1) is 6.10 Å². The molecule has 1 aromatic rings. The number of esters is 2. The van der Waals surface area contributed by atoms with Crippen LogP contribution in [0.3, 0.4) is 0 Å². The fourth-order valence-electron chi connectivity index (χ4n) is 5.14. The summed E-state index contributed by atoms with van der Waals surface area (Å²) in [5, 5.41) is 10.7. The highest BCUT2D eigenvalue weighted by atomic mass is 16.5. The predicted molar refractivity (Wildman–Crippen MR) is 161 cm³/mol. The van der Waals surface area contributed by atoms with E-state index in [2.05, 4.69) is 6.92 Å². The molecule has 224 valence electrons. The Kier molecular flexibility index (Phi) is 17.0. The zero-order valence-electron chi connectivity index (χ0n) is 25.0. The van der Waals surface area contributed by atoms with Crippen molar-refractivity contribution in [1.82, 2.24) is 0 Å². The topological polar surface area (TPSA) is 89.9 Å². The first-order valence-corrected chi connectivity index (χ1v) is 15.9. The predicted octanol–water partition coefficient (Wildman–Crippen LogP) is 9.26. The third-order valence-corrected chi connectivity index (χ3v) is 7.54. The minimum absolute atomic E-state index is 0.0625. The molecule has 0 amide bonds. The number of carbonyl (C=O) groups is 3. The third kappa shape index (κ3) is 14.1. The summed E-state index contributed by atoms with van der Waals surface area (Å²) in [5.74, 6) is -0.817. The lowest BCUT2D eigenvalue weighted by atomic mass is 10.0. The van der Waals surface area contributed by atoms with E-state index in [1.54, 1.807) is 19.1 Å². The minimum Gasteiger partial charge on any atom is -0.507 e. The zero-order chi connectivity index (χ0) is 29.0. The van der Waals surface area contributed by atoms with Crippen LogP contribution in [0.5, 0.6) is 11.5 Å². The Morgan fingerprint density at radius 3 is 2.15 bits per heavy atom. The van der Waals surface area contributed by atoms with E-state index in [-0.39, 0.29) is 34.9 Å². The molecular weight excluding hydrogens is 504 g/mol. The van der Waals surface area contributed by atoms with Crippen LogP contribution in [-0.2, 0) is 14.3 Å². The van der Waals surface area contributed by atoms with Gasteiger partial charge >= 0.3 is 11.9 Å². The summed E-state index contributed by atoms with van der Waals surface area (Å²) in [6.07, 6.45) is 23.3. The van der Waals surface area contributed by atoms with Crippen LogP contribution in [0.4, 0.5) is 0 Å². The zero-order valence-corrected chi connectivity index (χ0v) is 25.0. The summed E-state index contributed by atoms with van der Waals surface area (Å²) < 4.78 is 11.1. The van der Waals surface area contributed by atoms with Crippen LogP contribution in [0.1, 0.15) is 158 Å². The fourth-order valence-corrected chi connectivity index (χ4v) is 5.14. The van der Waals surface area contributed by atoms with Gasteiger partial charge in [0.1, 0.15) is 22.8 Å². The summed E-state index contributed by atoms with van der Waals surface area (Å²) in [6.45, 7) is 4.04. The van der Waals surface area contributed by atoms with Crippen LogP contribution in [0.15, 0.2) is 18.2 Å². The molecule has 2 rings (SSSR count). The molecule has 1 atom stereocenters. The van der Waals surface area contributed by atoms with Gasteiger partial charge in [0.2, 0.25) is 0 Å². The van der Waals surface area contributed by atoms with E-state index in [4.69, 9.17) is 9.47 Å². The largest absolute Gasteiger partial charge is 0.507 e. The first kappa shape index (κ1) is 33.6. The van der Waals surface area contributed by atoms with E-state index >= 15 is 0 Å². The number of unbranched alkanes of at least 4 members (excludes halogenated alkanes) is 12. The van der Waals surface area contributed by atoms with Crippen molar-refractivity contribution in [2.24, 2.45) is 0 Å². The highest BCUT2D eigenvalue weighted by Gasteiger charge is 2.22. The maximum absolute atomic E-state index is 12.9. The second-order valence-corrected chi connectivity index (χ2v) is 11.3. The Labute approximate surface area is 241 Å². The molecule has 1 aromatic carbocycles. The van der Waals surface area contributed by atoms with E-state index in [0.29, 0.717) is 44.1 Å². The van der Waals surface area contributed by atoms with Gasteiger partial charge in [-0.25, -0.2) is 4.79 Å². The molecule has 1 heterocycles. The van der Waals surface area contributed by atoms with Crippen molar-refractivity contribution in [3.05, 3.63) is 29.3 Å². The van der Waals surface area contributed by atoms with Gasteiger partial charge in [0.25, 0.3) is 0 Å². The monoisotopic (exact) mass is 556 g/mol. The lowest BCUT2D eigenvalue weighted by molar-refractivity contribution is -0.134. The lowest BCUT2D eigenvalue weighted by Crippen LogP contribution is -2.17. The second-order valence-electron chi connectivity index (χ2n) is 11.3. The quantitative estimate of drug-likeness (QED) is 0.131. The van der Waals surface area contributed by atoms with Crippen LogP contribution in [0.25, 0.3) is 6.08 Å². The molecule has 0 saturated carbocycles. The standard InChI is InChI=1S/C34H52O6/c1-3-4-5-6-7-8-9-10-11-12-13-14-18-24-32(37)40-30-25-28-21-16-15-17-22-29(35)23-19-20-27(2)39-34(38)33(28)31(36)26-30/h16,21,25-27,36H,3-15,17-20,22-24H2,1-2H3/b21-16+/t27-/m0/s1. The molecule has 0 unspecified atom stereocenters. The van der Waals surface area contributed by atoms with Crippen molar-refractivity contribution >= 4 is 23.8 Å². The summed E-state index contributed by atoms with van der Waals surface area (Å²) in [6, 6.07) is 2.90. The molecule has 0 bridgehead atoms. The van der Waals surface area contributed by atoms with Crippen LogP contribution >= 0.6 is 0 Å². The number of ketones is 1. The molecule has 6 heteroatoms. The van der Waals surface area contributed by atoms with Crippen LogP contribution in [0.2, 0.25) is 0 Å². The van der Waals surface area contributed by atoms with E-state index in [1.807, 2.05) is 6.08 Å². The number of carbonyl (C=O) groups excluding carboxylic acids is 3. The van der Waals surface area contributed by atoms with Gasteiger partial charge in [0.15, 0.2) is 0 Å². The highest BCUT2D eigenvalue weighted by Crippen LogP contribution is 2.31. The van der Waals surface area contributed by atoms with Crippen molar-refractivity contribution in [1.29, 1.82) is 0 Å². The van der Waals surface area contributed by atoms with E-state index in [1.165, 1.54) is 70.3 Å². The molecule has 0 aliphatic carbocycles. The molecule has 0 radical (unpaired) electrons. The number of ether oxygens (including phenoxy) is 2. The number of hydrogen-bond donors (Lipinski definition) is 1. The minimum atomic E-state index is -0.627. The van der Waals surface area contributed by atoms with E-state index in [0.717, 1.165) is 25.7 Å². The number of Topliss-reactive ketones (excluding diaryl/α,β-unsaturated/α-hetero) is 1. The Balaban J connectivity index is 1.80. The molecule has 1 aliphatic rings. The molecule has 0 fully saturated rings. The Hall–Kier alpha value is -2.63. The van der Waals surface area contributed by atoms with Crippen LogP contribution < -0.4 is 4.74 Å². The molecule has 40 heavy (non-hydrogen) atoms. The van der Waals surface area contributed by atoms with Gasteiger partial charge in [-0.2, -0.15) is 0 Å². The maximum atomic E-state index is 12.9. The highest BCUT2D eigenvalue weighted by molar-refractivity contribution is 5.97. The van der Waals surface area contributed by atoms with Gasteiger partial charge in [-0.05, 0) is 50.7 Å². The van der Waals surface area contributed by atoms with Crippen LogP contribution in [-0.4, -0.2) is 28.9 Å². The normalized spacial score (nSPS) is 17.5. The second kappa shape index (κ2) is 20.3. The smallest absolute Gasteiger partial charge is 0.342 e. The van der Waals surface area contributed by atoms with Gasteiger partial charge in [-0.3, -0.25) is 9.59 Å². The summed E-state index contributed by atoms with van der Waals surface area (Å²) in [5.41, 5.74) is 0.497. The van der Waals surface area contributed by atoms with Crippen molar-refractivity contribution in [2.75, 3.05) is 0 Å². The number of aromatic hydroxyl groups is 1. The first-order chi connectivity index (χ1) is 19.4. The summed E-state index contributed by atoms with van der Waals surface area (Å²) >= 11 is 0. The number of hydrogen-bond acceptors (Lipinski definition) is 6. The lowest BCUT2D eigenvalue weighted by Gasteiger charge is -2.16. The van der Waals surface area contributed by atoms with E-state index in [9.17, 15) is 19.5 Å². The molecule has 0 saturated heterocycles. The van der Waals surface area contributed by atoms with Gasteiger partial charge < -0.3 is 14.6 Å². The third-order valence-electron chi connectivity index (χ3n) is 7.54. The van der Waals surface area contributed by atoms with Gasteiger partial charge in [-0.15, -0.1) is 0 Å². The maximum Gasteiger partial charge on any atom is 0.342 e. The van der Waals surface area contributed by atoms with Crippen molar-refractivity contribution in [2.45, 2.75) is 148 Å². The molecule has 1 aliphatic heterocycles. The number of phenolic OH excluding ortho intramolecular Hbond substituents is 1. The number of allylic oxidation sites excluding steroid dienone is 1. The fraction of sp³-hybridized carbons (Fsp3) is 0.676. The first-order valence-electron chi connectivity index (χ1n) is 15.9. The average Bonchev–Trinajstić information content (AvgIpc) is 2.90.